The molecule has 2 aromatic rings. The molecule has 0 aliphatic carbocycles. The molecule has 7 heteroatoms. The first-order valence-electron chi connectivity index (χ1n) is 7.22. The number of nitrogens with zero attached hydrogens (tertiary/aromatic N) is 4. The zero-order valence-electron chi connectivity index (χ0n) is 13.1. The minimum Gasteiger partial charge on any atom is -0.479 e. The maximum Gasteiger partial charge on any atom is 0.242 e. The molecule has 2 rings (SSSR count). The summed E-state index contributed by atoms with van der Waals surface area (Å²) in [5, 5.41) is 0. The Morgan fingerprint density at radius 2 is 2.14 bits per heavy atom. The van der Waals surface area contributed by atoms with E-state index in [0.29, 0.717) is 16.7 Å². The van der Waals surface area contributed by atoms with Crippen molar-refractivity contribution in [2.24, 2.45) is 0 Å². The van der Waals surface area contributed by atoms with E-state index in [1.807, 2.05) is 4.57 Å². The quantitative estimate of drug-likeness (QED) is 0.629. The number of imidazole rings is 1. The highest BCUT2D eigenvalue weighted by Gasteiger charge is 2.11. The summed E-state index contributed by atoms with van der Waals surface area (Å²) in [5.41, 5.74) is 1.58. The average molecular weight is 309 g/mol. The fourth-order valence-corrected chi connectivity index (χ4v) is 2.48. The van der Waals surface area contributed by atoms with Gasteiger partial charge in [-0.05, 0) is 52.5 Å². The van der Waals surface area contributed by atoms with Gasteiger partial charge in [0.1, 0.15) is 11.8 Å². The Kier molecular flexibility index (Phi) is 5.30. The van der Waals surface area contributed by atoms with Crippen LogP contribution in [0.3, 0.4) is 0 Å². The summed E-state index contributed by atoms with van der Waals surface area (Å²) in [6.07, 6.45) is 3.70. The summed E-state index contributed by atoms with van der Waals surface area (Å²) in [5.74, 6) is 0.532. The highest BCUT2D eigenvalue weighted by molar-refractivity contribution is 7.71. The first-order valence-corrected chi connectivity index (χ1v) is 7.63. The van der Waals surface area contributed by atoms with Crippen LogP contribution in [0.25, 0.3) is 11.2 Å². The molecule has 2 heterocycles. The first kappa shape index (κ1) is 15.9. The number of aryl methyl sites for hydroxylation is 1. The highest BCUT2D eigenvalue weighted by Crippen LogP contribution is 2.20. The van der Waals surface area contributed by atoms with Crippen LogP contribution in [0.1, 0.15) is 26.7 Å². The summed E-state index contributed by atoms with van der Waals surface area (Å²) in [7, 11) is 3.75. The first-order chi connectivity index (χ1) is 10.0. The normalized spacial score (nSPS) is 11.7. The van der Waals surface area contributed by atoms with Crippen molar-refractivity contribution in [1.82, 2.24) is 24.4 Å². The Morgan fingerprint density at radius 3 is 2.81 bits per heavy atom. The molecule has 21 heavy (non-hydrogen) atoms. The molecule has 116 valence electrons. The van der Waals surface area contributed by atoms with Crippen LogP contribution in [-0.2, 0) is 6.54 Å². The lowest BCUT2D eigenvalue weighted by Crippen LogP contribution is -2.27. The third kappa shape index (κ3) is 3.59. The Morgan fingerprint density at radius 1 is 1.38 bits per heavy atom. The molecule has 0 aliphatic heterocycles. The van der Waals surface area contributed by atoms with Crippen molar-refractivity contribution in [3.05, 3.63) is 11.1 Å². The van der Waals surface area contributed by atoms with Crippen molar-refractivity contribution >= 4 is 23.4 Å². The van der Waals surface area contributed by atoms with Gasteiger partial charge in [0.15, 0.2) is 10.4 Å². The van der Waals surface area contributed by atoms with Crippen LogP contribution in [0, 0.1) is 4.77 Å². The van der Waals surface area contributed by atoms with Gasteiger partial charge in [0.05, 0.1) is 7.11 Å². The van der Waals surface area contributed by atoms with Gasteiger partial charge in [-0.3, -0.25) is 0 Å². The van der Waals surface area contributed by atoms with Gasteiger partial charge in [0, 0.05) is 12.6 Å². The number of aromatic nitrogens is 4. The number of hydrogen-bond donors (Lipinski definition) is 1. The average Bonchev–Trinajstić information content (AvgIpc) is 2.78. The highest BCUT2D eigenvalue weighted by atomic mass is 32.1. The summed E-state index contributed by atoms with van der Waals surface area (Å²) in [4.78, 5) is 13.9. The molecular formula is C14H23N5OS. The molecule has 0 spiro atoms. The van der Waals surface area contributed by atoms with Gasteiger partial charge in [-0.1, -0.05) is 0 Å². The summed E-state index contributed by atoms with van der Waals surface area (Å²) < 4.78 is 7.92. The number of hydrogen-bond acceptors (Lipinski definition) is 5. The van der Waals surface area contributed by atoms with Gasteiger partial charge in [-0.15, -0.1) is 0 Å². The smallest absolute Gasteiger partial charge is 0.242 e. The summed E-state index contributed by atoms with van der Waals surface area (Å²) in [6, 6.07) is 0.581. The van der Waals surface area contributed by atoms with E-state index in [2.05, 4.69) is 40.7 Å². The third-order valence-corrected chi connectivity index (χ3v) is 4.07. The molecule has 0 unspecified atom stereocenters. The lowest BCUT2D eigenvalue weighted by atomic mass is 10.2. The van der Waals surface area contributed by atoms with Crippen molar-refractivity contribution in [3.63, 3.8) is 0 Å². The lowest BCUT2D eigenvalue weighted by Gasteiger charge is -2.20. The van der Waals surface area contributed by atoms with E-state index in [9.17, 15) is 0 Å². The molecule has 6 nitrogen and oxygen atoms in total. The fraction of sp³-hybridized carbons (Fsp3) is 0.643. The van der Waals surface area contributed by atoms with Crippen LogP contribution in [0.5, 0.6) is 5.88 Å². The SMILES string of the molecule is COc1ncnc2c1[nH]c(=S)n2CCCCN(C)C(C)C. The molecule has 0 fully saturated rings. The van der Waals surface area contributed by atoms with Crippen LogP contribution in [-0.4, -0.2) is 51.2 Å². The molecule has 0 saturated heterocycles. The second-order valence-corrected chi connectivity index (χ2v) is 5.83. The number of fused-ring (bicyclic) bond motifs is 1. The van der Waals surface area contributed by atoms with Gasteiger partial charge in [-0.25, -0.2) is 4.98 Å². The summed E-state index contributed by atoms with van der Waals surface area (Å²) >= 11 is 5.38. The van der Waals surface area contributed by atoms with Crippen LogP contribution in [0.2, 0.25) is 0 Å². The Labute approximate surface area is 130 Å². The maximum absolute atomic E-state index is 5.38. The molecule has 0 radical (unpaired) electrons. The Balaban J connectivity index is 2.06. The third-order valence-electron chi connectivity index (χ3n) is 3.74. The molecule has 0 saturated carbocycles. The van der Waals surface area contributed by atoms with Gasteiger partial charge in [0.2, 0.25) is 5.88 Å². The molecule has 1 N–H and O–H groups in total. The van der Waals surface area contributed by atoms with E-state index in [1.54, 1.807) is 7.11 Å². The van der Waals surface area contributed by atoms with Crippen LogP contribution in [0.15, 0.2) is 6.33 Å². The van der Waals surface area contributed by atoms with Crippen molar-refractivity contribution in [2.75, 3.05) is 20.7 Å². The van der Waals surface area contributed by atoms with Crippen molar-refractivity contribution < 1.29 is 4.74 Å². The predicted octanol–water partition coefficient (Wildman–Crippen LogP) is 2.62. The van der Waals surface area contributed by atoms with Gasteiger partial charge < -0.3 is 19.2 Å². The largest absolute Gasteiger partial charge is 0.479 e. The van der Waals surface area contributed by atoms with Gasteiger partial charge in [-0.2, -0.15) is 4.98 Å². The molecule has 0 amide bonds. The Bertz CT molecular complexity index is 648. The summed E-state index contributed by atoms with van der Waals surface area (Å²) in [6.45, 7) is 6.36. The van der Waals surface area contributed by atoms with E-state index in [1.165, 1.54) is 6.33 Å². The maximum atomic E-state index is 5.38. The molecule has 2 aromatic heterocycles. The number of unbranched alkanes of at least 4 members (excludes halogenated alkanes) is 1. The van der Waals surface area contributed by atoms with Gasteiger partial charge in [0.25, 0.3) is 0 Å². The standard InChI is InChI=1S/C14H23N5OS/c1-10(2)18(3)7-5-6-8-19-12-11(17-14(19)21)13(20-4)16-9-15-12/h9-10H,5-8H2,1-4H3,(H,17,21). The predicted molar refractivity (Wildman–Crippen MR) is 86.3 cm³/mol. The van der Waals surface area contributed by atoms with Crippen molar-refractivity contribution in [2.45, 2.75) is 39.3 Å². The molecule has 0 aliphatic rings. The molecule has 0 bridgehead atoms. The van der Waals surface area contributed by atoms with Gasteiger partial charge >= 0.3 is 0 Å². The van der Waals surface area contributed by atoms with Crippen molar-refractivity contribution in [3.8, 4) is 5.88 Å². The number of H-pyrrole nitrogens is 1. The Hall–Kier alpha value is -1.47. The van der Waals surface area contributed by atoms with Crippen LogP contribution < -0.4 is 4.74 Å². The second kappa shape index (κ2) is 7.00. The number of ether oxygens (including phenoxy) is 1. The lowest BCUT2D eigenvalue weighted by molar-refractivity contribution is 0.266. The van der Waals surface area contributed by atoms with E-state index < -0.39 is 0 Å². The monoisotopic (exact) mass is 309 g/mol. The fourth-order valence-electron chi connectivity index (χ4n) is 2.20. The molecule has 0 aromatic carbocycles. The minimum absolute atomic E-state index is 0.532. The minimum atomic E-state index is 0.532. The van der Waals surface area contributed by atoms with E-state index >= 15 is 0 Å². The number of nitrogens with one attached hydrogen (secondary N) is 1. The molecule has 0 atom stereocenters. The number of rotatable bonds is 7. The topological polar surface area (TPSA) is 59.0 Å². The second-order valence-electron chi connectivity index (χ2n) is 5.44. The zero-order valence-corrected chi connectivity index (χ0v) is 13.9. The van der Waals surface area contributed by atoms with E-state index in [0.717, 1.165) is 37.1 Å². The molecular weight excluding hydrogens is 286 g/mol. The van der Waals surface area contributed by atoms with E-state index in [-0.39, 0.29) is 0 Å². The zero-order chi connectivity index (χ0) is 15.4. The van der Waals surface area contributed by atoms with E-state index in [4.69, 9.17) is 17.0 Å². The van der Waals surface area contributed by atoms with Crippen molar-refractivity contribution in [1.29, 1.82) is 0 Å². The van der Waals surface area contributed by atoms with Crippen LogP contribution >= 0.6 is 12.2 Å². The van der Waals surface area contributed by atoms with Crippen LogP contribution in [0.4, 0.5) is 0 Å². The number of methoxy groups -OCH3 is 1. The number of aromatic amines is 1.